The van der Waals surface area contributed by atoms with Crippen LogP contribution >= 0.6 is 0 Å². The molecule has 0 unspecified atom stereocenters. The van der Waals surface area contributed by atoms with Crippen molar-refractivity contribution in [3.05, 3.63) is 59.7 Å². The van der Waals surface area contributed by atoms with Gasteiger partial charge >= 0.3 is 0 Å². The molecule has 0 N–H and O–H groups in total. The summed E-state index contributed by atoms with van der Waals surface area (Å²) in [5.74, 6) is -0.693. The quantitative estimate of drug-likeness (QED) is 0.734. The number of hydrogen-bond donors (Lipinski definition) is 0. The number of carbonyl (C=O) groups is 1. The van der Waals surface area contributed by atoms with Gasteiger partial charge in [0.25, 0.3) is 0 Å². The number of carboxylic acids is 1. The van der Waals surface area contributed by atoms with Gasteiger partial charge < -0.3 is 14.6 Å². The fourth-order valence-corrected chi connectivity index (χ4v) is 2.84. The molecule has 1 aromatic heterocycles. The molecule has 4 nitrogen and oxygen atoms in total. The number of ether oxygens (including phenoxy) is 1. The zero-order valence-corrected chi connectivity index (χ0v) is 14.8. The summed E-state index contributed by atoms with van der Waals surface area (Å²) in [6.45, 7) is 6.44. The van der Waals surface area contributed by atoms with Crippen LogP contribution in [0.5, 0.6) is 5.75 Å². The molecular formula is C21H20NO3-. The molecule has 25 heavy (non-hydrogen) atoms. The first-order chi connectivity index (χ1) is 11.8. The number of hydrogen-bond acceptors (Lipinski definition) is 4. The summed E-state index contributed by atoms with van der Waals surface area (Å²) in [7, 11) is 1.54. The highest BCUT2D eigenvalue weighted by atomic mass is 16.5. The molecule has 0 atom stereocenters. The Kier molecular flexibility index (Phi) is 4.21. The smallest absolute Gasteiger partial charge is 0.145 e. The van der Waals surface area contributed by atoms with Gasteiger partial charge in [-0.3, -0.25) is 0 Å². The summed E-state index contributed by atoms with van der Waals surface area (Å²) >= 11 is 0. The van der Waals surface area contributed by atoms with E-state index in [1.54, 1.807) is 31.4 Å². The van der Waals surface area contributed by atoms with Crippen LogP contribution in [0.4, 0.5) is 0 Å². The normalized spacial score (nSPS) is 11.5. The maximum absolute atomic E-state index is 11.6. The standard InChI is InChI=1S/C21H21NO3/c1-21(2,3)14-10-8-13(9-11-14)17-12-16(20(23)24)15-6-5-7-18(25-4)19(15)22-17/h5-12H,1-4H3,(H,23,24)/p-1. The van der Waals surface area contributed by atoms with Crippen molar-refractivity contribution in [1.29, 1.82) is 0 Å². The van der Waals surface area contributed by atoms with E-state index in [0.29, 0.717) is 22.3 Å². The number of para-hydroxylation sites is 1. The Labute approximate surface area is 147 Å². The number of nitrogens with zero attached hydrogens (tertiary/aromatic N) is 1. The molecule has 4 heteroatoms. The molecule has 0 bridgehead atoms. The lowest BCUT2D eigenvalue weighted by Gasteiger charge is -2.19. The van der Waals surface area contributed by atoms with Crippen LogP contribution < -0.4 is 9.84 Å². The first-order valence-corrected chi connectivity index (χ1v) is 8.11. The van der Waals surface area contributed by atoms with Crippen molar-refractivity contribution in [3.63, 3.8) is 0 Å². The highest BCUT2D eigenvalue weighted by Crippen LogP contribution is 2.31. The van der Waals surface area contributed by atoms with Gasteiger partial charge in [0.2, 0.25) is 0 Å². The van der Waals surface area contributed by atoms with Gasteiger partial charge in [0.05, 0.1) is 18.8 Å². The Bertz CT molecular complexity index is 938. The van der Waals surface area contributed by atoms with Crippen LogP contribution in [0.2, 0.25) is 0 Å². The molecule has 128 valence electrons. The second-order valence-corrected chi connectivity index (χ2v) is 7.03. The number of fused-ring (bicyclic) bond motifs is 1. The van der Waals surface area contributed by atoms with E-state index in [1.165, 1.54) is 5.56 Å². The molecule has 0 fully saturated rings. The van der Waals surface area contributed by atoms with Crippen LogP contribution in [0.1, 0.15) is 36.7 Å². The van der Waals surface area contributed by atoms with Gasteiger partial charge in [0.1, 0.15) is 11.3 Å². The molecule has 0 saturated carbocycles. The molecule has 0 radical (unpaired) electrons. The molecule has 0 aliphatic carbocycles. The minimum atomic E-state index is -1.23. The van der Waals surface area contributed by atoms with E-state index in [4.69, 9.17) is 4.74 Å². The summed E-state index contributed by atoms with van der Waals surface area (Å²) < 4.78 is 5.34. The average Bonchev–Trinajstić information content (AvgIpc) is 2.59. The molecule has 0 aliphatic heterocycles. The van der Waals surface area contributed by atoms with Crippen molar-refractivity contribution in [2.45, 2.75) is 26.2 Å². The highest BCUT2D eigenvalue weighted by molar-refractivity contribution is 6.04. The summed E-state index contributed by atoms with van der Waals surface area (Å²) in [4.78, 5) is 16.2. The van der Waals surface area contributed by atoms with Gasteiger partial charge in [0, 0.05) is 16.5 Å². The van der Waals surface area contributed by atoms with Crippen LogP contribution in [0.25, 0.3) is 22.2 Å². The highest BCUT2D eigenvalue weighted by Gasteiger charge is 2.15. The van der Waals surface area contributed by atoms with Gasteiger partial charge in [-0.1, -0.05) is 57.2 Å². The number of carbonyl (C=O) groups excluding carboxylic acids is 1. The summed E-state index contributed by atoms with van der Waals surface area (Å²) in [6, 6.07) is 14.8. The van der Waals surface area contributed by atoms with Crippen molar-refractivity contribution in [2.75, 3.05) is 7.11 Å². The minimum absolute atomic E-state index is 0.0503. The van der Waals surface area contributed by atoms with E-state index in [9.17, 15) is 9.90 Å². The third-order valence-electron chi connectivity index (χ3n) is 4.29. The molecule has 0 aliphatic rings. The lowest BCUT2D eigenvalue weighted by atomic mass is 9.86. The molecule has 3 aromatic rings. The molecule has 1 heterocycles. The van der Waals surface area contributed by atoms with E-state index >= 15 is 0 Å². The molecule has 0 spiro atoms. The van der Waals surface area contributed by atoms with E-state index in [2.05, 4.69) is 25.8 Å². The summed E-state index contributed by atoms with van der Waals surface area (Å²) in [5.41, 5.74) is 3.31. The van der Waals surface area contributed by atoms with Gasteiger partial charge in [-0.05, 0) is 23.1 Å². The van der Waals surface area contributed by atoms with Crippen LogP contribution in [-0.2, 0) is 5.41 Å². The van der Waals surface area contributed by atoms with Crippen LogP contribution in [0, 0.1) is 0 Å². The number of rotatable bonds is 3. The lowest BCUT2D eigenvalue weighted by Crippen LogP contribution is -2.22. The van der Waals surface area contributed by atoms with Crippen molar-refractivity contribution >= 4 is 16.9 Å². The van der Waals surface area contributed by atoms with E-state index in [1.807, 2.05) is 24.3 Å². The van der Waals surface area contributed by atoms with Crippen LogP contribution in [0.3, 0.4) is 0 Å². The topological polar surface area (TPSA) is 62.2 Å². The number of pyridine rings is 1. The maximum atomic E-state index is 11.6. The van der Waals surface area contributed by atoms with Crippen LogP contribution in [0.15, 0.2) is 48.5 Å². The number of benzene rings is 2. The average molecular weight is 334 g/mol. The molecule has 2 aromatic carbocycles. The van der Waals surface area contributed by atoms with E-state index < -0.39 is 5.97 Å². The number of methoxy groups -OCH3 is 1. The Morgan fingerprint density at radius 2 is 1.76 bits per heavy atom. The summed E-state index contributed by atoms with van der Waals surface area (Å²) in [6.07, 6.45) is 0. The summed E-state index contributed by atoms with van der Waals surface area (Å²) in [5, 5.41) is 12.1. The predicted molar refractivity (Wildman–Crippen MR) is 96.8 cm³/mol. The van der Waals surface area contributed by atoms with Gasteiger partial charge in [0.15, 0.2) is 0 Å². The fourth-order valence-electron chi connectivity index (χ4n) is 2.84. The molecule has 3 rings (SSSR count). The second kappa shape index (κ2) is 6.20. The van der Waals surface area contributed by atoms with Crippen molar-refractivity contribution < 1.29 is 14.6 Å². The molecule has 0 saturated heterocycles. The number of aromatic nitrogens is 1. The third-order valence-corrected chi connectivity index (χ3v) is 4.29. The van der Waals surface area contributed by atoms with Gasteiger partial charge in [-0.2, -0.15) is 0 Å². The van der Waals surface area contributed by atoms with Crippen molar-refractivity contribution in [2.24, 2.45) is 0 Å². The maximum Gasteiger partial charge on any atom is 0.145 e. The minimum Gasteiger partial charge on any atom is -0.545 e. The first-order valence-electron chi connectivity index (χ1n) is 8.11. The number of aromatic carboxylic acids is 1. The van der Waals surface area contributed by atoms with Gasteiger partial charge in [-0.15, -0.1) is 0 Å². The fraction of sp³-hybridized carbons (Fsp3) is 0.238. The number of carboxylic acid groups (broad SMARTS) is 1. The molecule has 0 amide bonds. The zero-order chi connectivity index (χ0) is 18.2. The van der Waals surface area contributed by atoms with Gasteiger partial charge in [-0.25, -0.2) is 4.98 Å². The van der Waals surface area contributed by atoms with Crippen LogP contribution in [-0.4, -0.2) is 18.1 Å². The monoisotopic (exact) mass is 334 g/mol. The first kappa shape index (κ1) is 17.0. The van der Waals surface area contributed by atoms with Crippen molar-refractivity contribution in [3.8, 4) is 17.0 Å². The zero-order valence-electron chi connectivity index (χ0n) is 14.8. The third kappa shape index (κ3) is 3.20. The van der Waals surface area contributed by atoms with E-state index in [0.717, 1.165) is 5.56 Å². The van der Waals surface area contributed by atoms with E-state index in [-0.39, 0.29) is 11.0 Å². The Hall–Kier alpha value is -2.88. The SMILES string of the molecule is COc1cccc2c(C(=O)[O-])cc(-c3ccc(C(C)(C)C)cc3)nc12. The predicted octanol–water partition coefficient (Wildman–Crippen LogP) is 3.57. The molecular weight excluding hydrogens is 314 g/mol. The largest absolute Gasteiger partial charge is 0.545 e. The second-order valence-electron chi connectivity index (χ2n) is 7.03. The lowest BCUT2D eigenvalue weighted by molar-refractivity contribution is -0.254. The van der Waals surface area contributed by atoms with Crippen molar-refractivity contribution in [1.82, 2.24) is 4.98 Å². The Balaban J connectivity index is 2.21. The Morgan fingerprint density at radius 3 is 2.32 bits per heavy atom. The Morgan fingerprint density at radius 1 is 1.08 bits per heavy atom.